The SMILES string of the molecule is Cc1nccc(CNC(C)Cc2cccc(F)c2)n1. The zero-order chi connectivity index (χ0) is 13.7. The number of hydrogen-bond donors (Lipinski definition) is 1. The lowest BCUT2D eigenvalue weighted by atomic mass is 10.1. The van der Waals surface area contributed by atoms with Gasteiger partial charge in [0, 0.05) is 18.8 Å². The van der Waals surface area contributed by atoms with E-state index in [1.54, 1.807) is 18.3 Å². The Morgan fingerprint density at radius 1 is 1.32 bits per heavy atom. The van der Waals surface area contributed by atoms with Gasteiger partial charge in [0.05, 0.1) is 5.69 Å². The second-order valence-electron chi connectivity index (χ2n) is 4.71. The standard InChI is InChI=1S/C15H18FN3/c1-11(8-13-4-3-5-14(16)9-13)18-10-15-6-7-17-12(2)19-15/h3-7,9,11,18H,8,10H2,1-2H3. The highest BCUT2D eigenvalue weighted by atomic mass is 19.1. The Labute approximate surface area is 112 Å². The Morgan fingerprint density at radius 2 is 2.16 bits per heavy atom. The molecule has 0 aliphatic rings. The Bertz CT molecular complexity index is 542. The molecule has 0 saturated carbocycles. The highest BCUT2D eigenvalue weighted by Gasteiger charge is 2.05. The average molecular weight is 259 g/mol. The number of halogens is 1. The predicted molar refractivity (Wildman–Crippen MR) is 73.2 cm³/mol. The van der Waals surface area contributed by atoms with Crippen LogP contribution in [-0.4, -0.2) is 16.0 Å². The fourth-order valence-corrected chi connectivity index (χ4v) is 1.97. The lowest BCUT2D eigenvalue weighted by Crippen LogP contribution is -2.28. The fraction of sp³-hybridized carbons (Fsp3) is 0.333. The maximum absolute atomic E-state index is 13.1. The molecule has 0 saturated heterocycles. The molecule has 1 aromatic carbocycles. The van der Waals surface area contributed by atoms with E-state index in [2.05, 4.69) is 22.2 Å². The molecule has 2 rings (SSSR count). The first-order valence-electron chi connectivity index (χ1n) is 6.40. The van der Waals surface area contributed by atoms with Crippen LogP contribution in [0.4, 0.5) is 4.39 Å². The first-order chi connectivity index (χ1) is 9.13. The molecule has 19 heavy (non-hydrogen) atoms. The molecule has 1 aromatic heterocycles. The minimum absolute atomic E-state index is 0.184. The molecule has 1 N–H and O–H groups in total. The summed E-state index contributed by atoms with van der Waals surface area (Å²) in [7, 11) is 0. The third-order valence-electron chi connectivity index (χ3n) is 2.90. The van der Waals surface area contributed by atoms with Crippen molar-refractivity contribution in [2.75, 3.05) is 0 Å². The Morgan fingerprint density at radius 3 is 2.89 bits per heavy atom. The van der Waals surface area contributed by atoms with E-state index in [-0.39, 0.29) is 11.9 Å². The topological polar surface area (TPSA) is 37.8 Å². The molecule has 2 aromatic rings. The normalized spacial score (nSPS) is 12.4. The van der Waals surface area contributed by atoms with Crippen molar-refractivity contribution in [1.29, 1.82) is 0 Å². The maximum atomic E-state index is 13.1. The van der Waals surface area contributed by atoms with E-state index < -0.39 is 0 Å². The van der Waals surface area contributed by atoms with Crippen LogP contribution in [0.3, 0.4) is 0 Å². The maximum Gasteiger partial charge on any atom is 0.125 e. The van der Waals surface area contributed by atoms with Crippen molar-refractivity contribution < 1.29 is 4.39 Å². The van der Waals surface area contributed by atoms with Gasteiger partial charge in [-0.1, -0.05) is 12.1 Å². The highest BCUT2D eigenvalue weighted by molar-refractivity contribution is 5.17. The van der Waals surface area contributed by atoms with Gasteiger partial charge < -0.3 is 5.32 Å². The number of benzene rings is 1. The molecule has 1 unspecified atom stereocenters. The van der Waals surface area contributed by atoms with Gasteiger partial charge in [-0.25, -0.2) is 14.4 Å². The van der Waals surface area contributed by atoms with Gasteiger partial charge in [0.15, 0.2) is 0 Å². The molecule has 0 bridgehead atoms. The monoisotopic (exact) mass is 259 g/mol. The second-order valence-corrected chi connectivity index (χ2v) is 4.71. The van der Waals surface area contributed by atoms with Crippen molar-refractivity contribution in [3.63, 3.8) is 0 Å². The summed E-state index contributed by atoms with van der Waals surface area (Å²) >= 11 is 0. The number of nitrogens with zero attached hydrogens (tertiary/aromatic N) is 2. The molecular formula is C15H18FN3. The van der Waals surface area contributed by atoms with E-state index in [0.717, 1.165) is 23.5 Å². The van der Waals surface area contributed by atoms with E-state index in [4.69, 9.17) is 0 Å². The lowest BCUT2D eigenvalue weighted by Gasteiger charge is -2.13. The first kappa shape index (κ1) is 13.6. The van der Waals surface area contributed by atoms with E-state index in [0.29, 0.717) is 6.54 Å². The summed E-state index contributed by atoms with van der Waals surface area (Å²) < 4.78 is 13.1. The quantitative estimate of drug-likeness (QED) is 0.897. The van der Waals surface area contributed by atoms with E-state index in [1.165, 1.54) is 6.07 Å². The summed E-state index contributed by atoms with van der Waals surface area (Å²) in [5.74, 6) is 0.591. The number of aromatic nitrogens is 2. The van der Waals surface area contributed by atoms with Crippen molar-refractivity contribution in [2.24, 2.45) is 0 Å². The Kier molecular flexibility index (Phi) is 4.58. The first-order valence-corrected chi connectivity index (χ1v) is 6.40. The zero-order valence-corrected chi connectivity index (χ0v) is 11.2. The molecule has 0 aliphatic carbocycles. The summed E-state index contributed by atoms with van der Waals surface area (Å²) in [5, 5.41) is 3.38. The van der Waals surface area contributed by atoms with E-state index in [1.807, 2.05) is 19.1 Å². The van der Waals surface area contributed by atoms with Gasteiger partial charge in [0.25, 0.3) is 0 Å². The average Bonchev–Trinajstić information content (AvgIpc) is 2.36. The van der Waals surface area contributed by atoms with Gasteiger partial charge >= 0.3 is 0 Å². The van der Waals surface area contributed by atoms with Crippen LogP contribution in [0.25, 0.3) is 0 Å². The van der Waals surface area contributed by atoms with Crippen molar-refractivity contribution in [3.05, 3.63) is 59.4 Å². The molecule has 4 heteroatoms. The number of hydrogen-bond acceptors (Lipinski definition) is 3. The van der Waals surface area contributed by atoms with Gasteiger partial charge in [-0.05, 0) is 44.0 Å². The third-order valence-corrected chi connectivity index (χ3v) is 2.90. The second kappa shape index (κ2) is 6.38. The molecule has 0 spiro atoms. The minimum Gasteiger partial charge on any atom is -0.308 e. The smallest absolute Gasteiger partial charge is 0.125 e. The molecule has 1 atom stereocenters. The molecule has 0 aliphatic heterocycles. The van der Waals surface area contributed by atoms with Crippen molar-refractivity contribution in [1.82, 2.24) is 15.3 Å². The van der Waals surface area contributed by atoms with Crippen LogP contribution in [0.2, 0.25) is 0 Å². The largest absolute Gasteiger partial charge is 0.308 e. The zero-order valence-electron chi connectivity index (χ0n) is 11.2. The fourth-order valence-electron chi connectivity index (χ4n) is 1.97. The lowest BCUT2D eigenvalue weighted by molar-refractivity contribution is 0.536. The Balaban J connectivity index is 1.86. The minimum atomic E-state index is -0.184. The van der Waals surface area contributed by atoms with Gasteiger partial charge in [-0.15, -0.1) is 0 Å². The highest BCUT2D eigenvalue weighted by Crippen LogP contribution is 2.06. The van der Waals surface area contributed by atoms with Gasteiger partial charge in [0.1, 0.15) is 11.6 Å². The summed E-state index contributed by atoms with van der Waals surface area (Å²) in [4.78, 5) is 8.40. The summed E-state index contributed by atoms with van der Waals surface area (Å²) in [6.45, 7) is 4.65. The van der Waals surface area contributed by atoms with Crippen LogP contribution in [0.1, 0.15) is 24.0 Å². The van der Waals surface area contributed by atoms with Gasteiger partial charge in [-0.3, -0.25) is 0 Å². The molecule has 0 radical (unpaired) electrons. The van der Waals surface area contributed by atoms with Crippen LogP contribution < -0.4 is 5.32 Å². The van der Waals surface area contributed by atoms with Crippen LogP contribution in [0.5, 0.6) is 0 Å². The van der Waals surface area contributed by atoms with Crippen molar-refractivity contribution in [2.45, 2.75) is 32.9 Å². The molecular weight excluding hydrogens is 241 g/mol. The third kappa shape index (κ3) is 4.41. The molecule has 1 heterocycles. The van der Waals surface area contributed by atoms with E-state index in [9.17, 15) is 4.39 Å². The summed E-state index contributed by atoms with van der Waals surface area (Å²) in [5.41, 5.74) is 1.97. The predicted octanol–water partition coefficient (Wildman–Crippen LogP) is 2.64. The van der Waals surface area contributed by atoms with E-state index >= 15 is 0 Å². The van der Waals surface area contributed by atoms with Crippen LogP contribution in [0.15, 0.2) is 36.5 Å². The van der Waals surface area contributed by atoms with Gasteiger partial charge in [-0.2, -0.15) is 0 Å². The summed E-state index contributed by atoms with van der Waals surface area (Å²) in [6.07, 6.45) is 2.55. The molecule has 3 nitrogen and oxygen atoms in total. The van der Waals surface area contributed by atoms with Crippen molar-refractivity contribution >= 4 is 0 Å². The van der Waals surface area contributed by atoms with Crippen LogP contribution in [-0.2, 0) is 13.0 Å². The van der Waals surface area contributed by atoms with Gasteiger partial charge in [0.2, 0.25) is 0 Å². The molecule has 0 amide bonds. The molecule has 100 valence electrons. The summed E-state index contributed by atoms with van der Waals surface area (Å²) in [6, 6.07) is 8.88. The Hall–Kier alpha value is -1.81. The number of aryl methyl sites for hydroxylation is 1. The van der Waals surface area contributed by atoms with Crippen molar-refractivity contribution in [3.8, 4) is 0 Å². The van der Waals surface area contributed by atoms with Crippen LogP contribution in [0, 0.1) is 12.7 Å². The number of nitrogens with one attached hydrogen (secondary N) is 1. The number of rotatable bonds is 5. The molecule has 0 fully saturated rings. The van der Waals surface area contributed by atoms with Crippen LogP contribution >= 0.6 is 0 Å².